The van der Waals surface area contributed by atoms with Crippen LogP contribution in [-0.2, 0) is 14.9 Å². The molecule has 9 heteroatoms. The van der Waals surface area contributed by atoms with Gasteiger partial charge in [0.1, 0.15) is 0 Å². The van der Waals surface area contributed by atoms with Gasteiger partial charge in [0, 0.05) is 37.1 Å². The first-order valence-corrected chi connectivity index (χ1v) is 10.4. The van der Waals surface area contributed by atoms with E-state index in [4.69, 9.17) is 4.74 Å². The number of ether oxygens (including phenoxy) is 1. The van der Waals surface area contributed by atoms with Crippen LogP contribution in [0.3, 0.4) is 0 Å². The van der Waals surface area contributed by atoms with Gasteiger partial charge in [0.15, 0.2) is 0 Å². The standard InChI is InChI=1S/C15H23N3O4S2/c1-12-2-3-14(23-12)15(19)16-13-4-6-17(7-5-13)24(20,21)18-8-10-22-11-9-18/h2-3,13H,4-11H2,1H3,(H,16,19). The third-order valence-electron chi connectivity index (χ3n) is 4.38. The number of carbonyl (C=O) groups is 1. The number of morpholine rings is 1. The largest absolute Gasteiger partial charge is 0.379 e. The van der Waals surface area contributed by atoms with E-state index in [1.807, 2.05) is 19.1 Å². The summed E-state index contributed by atoms with van der Waals surface area (Å²) in [6.07, 6.45) is 1.28. The highest BCUT2D eigenvalue weighted by Gasteiger charge is 2.34. The molecule has 2 saturated heterocycles. The van der Waals surface area contributed by atoms with Gasteiger partial charge < -0.3 is 10.1 Å². The Kier molecular flexibility index (Phi) is 5.56. The zero-order chi connectivity index (χ0) is 17.2. The molecule has 3 rings (SSSR count). The van der Waals surface area contributed by atoms with Crippen molar-refractivity contribution >= 4 is 27.5 Å². The second-order valence-electron chi connectivity index (χ2n) is 6.08. The van der Waals surface area contributed by atoms with Crippen molar-refractivity contribution in [3.63, 3.8) is 0 Å². The lowest BCUT2D eigenvalue weighted by atomic mass is 10.1. The summed E-state index contributed by atoms with van der Waals surface area (Å²) in [4.78, 5) is 14.0. The topological polar surface area (TPSA) is 79.0 Å². The molecule has 2 fully saturated rings. The molecule has 0 saturated carbocycles. The second kappa shape index (κ2) is 7.49. The molecule has 134 valence electrons. The maximum atomic E-state index is 12.6. The van der Waals surface area contributed by atoms with Crippen LogP contribution in [0, 0.1) is 6.92 Å². The van der Waals surface area contributed by atoms with Gasteiger partial charge in [-0.3, -0.25) is 4.79 Å². The van der Waals surface area contributed by atoms with E-state index in [1.165, 1.54) is 19.9 Å². The fourth-order valence-electron chi connectivity index (χ4n) is 2.98. The summed E-state index contributed by atoms with van der Waals surface area (Å²) in [7, 11) is -3.41. The quantitative estimate of drug-likeness (QED) is 0.848. The molecule has 0 atom stereocenters. The van der Waals surface area contributed by atoms with Crippen LogP contribution in [0.2, 0.25) is 0 Å². The first-order valence-electron chi connectivity index (χ1n) is 8.17. The Morgan fingerprint density at radius 1 is 1.17 bits per heavy atom. The molecule has 1 aromatic rings. The normalized spacial score (nSPS) is 21.7. The lowest BCUT2D eigenvalue weighted by Crippen LogP contribution is -2.53. The number of amides is 1. The van der Waals surface area contributed by atoms with Crippen molar-refractivity contribution < 1.29 is 17.9 Å². The SMILES string of the molecule is Cc1ccc(C(=O)NC2CCN(S(=O)(=O)N3CCOCC3)CC2)s1. The number of carbonyl (C=O) groups excluding carboxylic acids is 1. The van der Waals surface area contributed by atoms with E-state index in [9.17, 15) is 13.2 Å². The highest BCUT2D eigenvalue weighted by molar-refractivity contribution is 7.86. The van der Waals surface area contributed by atoms with Crippen molar-refractivity contribution in [1.29, 1.82) is 0 Å². The van der Waals surface area contributed by atoms with Crippen molar-refractivity contribution in [3.05, 3.63) is 21.9 Å². The maximum Gasteiger partial charge on any atom is 0.282 e. The maximum absolute atomic E-state index is 12.6. The molecule has 0 unspecified atom stereocenters. The zero-order valence-corrected chi connectivity index (χ0v) is 15.4. The molecular weight excluding hydrogens is 350 g/mol. The van der Waals surface area contributed by atoms with Crippen LogP contribution in [0.4, 0.5) is 0 Å². The van der Waals surface area contributed by atoms with Crippen LogP contribution in [0.1, 0.15) is 27.4 Å². The Morgan fingerprint density at radius 2 is 1.79 bits per heavy atom. The molecule has 0 radical (unpaired) electrons. The zero-order valence-electron chi connectivity index (χ0n) is 13.7. The van der Waals surface area contributed by atoms with Crippen LogP contribution >= 0.6 is 11.3 Å². The van der Waals surface area contributed by atoms with Crippen LogP contribution in [0.15, 0.2) is 12.1 Å². The third-order valence-corrected chi connectivity index (χ3v) is 7.41. The summed E-state index contributed by atoms with van der Waals surface area (Å²) in [6, 6.07) is 3.78. The van der Waals surface area contributed by atoms with E-state index in [-0.39, 0.29) is 11.9 Å². The van der Waals surface area contributed by atoms with Gasteiger partial charge in [0.25, 0.3) is 16.1 Å². The average molecular weight is 374 g/mol. The van der Waals surface area contributed by atoms with E-state index < -0.39 is 10.2 Å². The Hall–Kier alpha value is -1.00. The van der Waals surface area contributed by atoms with Crippen molar-refractivity contribution in [3.8, 4) is 0 Å². The summed E-state index contributed by atoms with van der Waals surface area (Å²) in [5, 5.41) is 3.02. The fourth-order valence-corrected chi connectivity index (χ4v) is 5.36. The third kappa shape index (κ3) is 3.97. The van der Waals surface area contributed by atoms with Crippen molar-refractivity contribution in [2.75, 3.05) is 39.4 Å². The summed E-state index contributed by atoms with van der Waals surface area (Å²) in [6.45, 7) is 4.57. The number of rotatable bonds is 4. The van der Waals surface area contributed by atoms with Crippen molar-refractivity contribution in [2.45, 2.75) is 25.8 Å². The number of aryl methyl sites for hydroxylation is 1. The fraction of sp³-hybridized carbons (Fsp3) is 0.667. The lowest BCUT2D eigenvalue weighted by Gasteiger charge is -2.36. The van der Waals surface area contributed by atoms with Gasteiger partial charge >= 0.3 is 0 Å². The minimum Gasteiger partial charge on any atom is -0.379 e. The first kappa shape index (κ1) is 17.8. The highest BCUT2D eigenvalue weighted by Crippen LogP contribution is 2.20. The summed E-state index contributed by atoms with van der Waals surface area (Å²) < 4.78 is 33.4. The molecule has 2 aliphatic rings. The molecule has 1 N–H and O–H groups in total. The van der Waals surface area contributed by atoms with Crippen LogP contribution < -0.4 is 5.32 Å². The molecular formula is C15H23N3O4S2. The number of piperidine rings is 1. The molecule has 3 heterocycles. The van der Waals surface area contributed by atoms with Crippen molar-refractivity contribution in [1.82, 2.24) is 13.9 Å². The number of nitrogens with zero attached hydrogens (tertiary/aromatic N) is 2. The van der Waals surface area contributed by atoms with Crippen LogP contribution in [0.25, 0.3) is 0 Å². The first-order chi connectivity index (χ1) is 11.5. The Balaban J connectivity index is 1.52. The van der Waals surface area contributed by atoms with Crippen LogP contribution in [0.5, 0.6) is 0 Å². The summed E-state index contributed by atoms with van der Waals surface area (Å²) >= 11 is 1.47. The Bertz CT molecular complexity index is 675. The molecule has 1 aromatic heterocycles. The minimum atomic E-state index is -3.41. The minimum absolute atomic E-state index is 0.0241. The highest BCUT2D eigenvalue weighted by atomic mass is 32.2. The number of hydrogen-bond acceptors (Lipinski definition) is 5. The van der Waals surface area contributed by atoms with E-state index in [0.717, 1.165) is 4.88 Å². The molecule has 0 aromatic carbocycles. The van der Waals surface area contributed by atoms with E-state index in [0.29, 0.717) is 57.1 Å². The smallest absolute Gasteiger partial charge is 0.282 e. The van der Waals surface area contributed by atoms with Gasteiger partial charge in [0.2, 0.25) is 0 Å². The predicted octanol–water partition coefficient (Wildman–Crippen LogP) is 0.828. The number of hydrogen-bond donors (Lipinski definition) is 1. The molecule has 0 spiro atoms. The Morgan fingerprint density at radius 3 is 2.38 bits per heavy atom. The molecule has 24 heavy (non-hydrogen) atoms. The lowest BCUT2D eigenvalue weighted by molar-refractivity contribution is 0.0693. The predicted molar refractivity (Wildman–Crippen MR) is 92.4 cm³/mol. The van der Waals surface area contributed by atoms with Gasteiger partial charge in [0.05, 0.1) is 18.1 Å². The second-order valence-corrected chi connectivity index (χ2v) is 9.29. The van der Waals surface area contributed by atoms with Gasteiger partial charge in [-0.05, 0) is 31.9 Å². The number of nitrogens with one attached hydrogen (secondary N) is 1. The summed E-state index contributed by atoms with van der Waals surface area (Å²) in [5.74, 6) is -0.0670. The van der Waals surface area contributed by atoms with Gasteiger partial charge in [-0.25, -0.2) is 0 Å². The van der Waals surface area contributed by atoms with E-state index >= 15 is 0 Å². The Labute approximate surface area is 146 Å². The van der Waals surface area contributed by atoms with Gasteiger partial charge in [-0.15, -0.1) is 11.3 Å². The summed E-state index contributed by atoms with van der Waals surface area (Å²) in [5.41, 5.74) is 0. The van der Waals surface area contributed by atoms with Gasteiger partial charge in [-0.1, -0.05) is 0 Å². The molecule has 2 aliphatic heterocycles. The average Bonchev–Trinajstić information content (AvgIpc) is 3.03. The molecule has 1 amide bonds. The van der Waals surface area contributed by atoms with Gasteiger partial charge in [-0.2, -0.15) is 17.0 Å². The van der Waals surface area contributed by atoms with E-state index in [2.05, 4.69) is 5.32 Å². The molecule has 0 aliphatic carbocycles. The van der Waals surface area contributed by atoms with Crippen molar-refractivity contribution in [2.24, 2.45) is 0 Å². The van der Waals surface area contributed by atoms with E-state index in [1.54, 1.807) is 0 Å². The molecule has 0 bridgehead atoms. The molecule has 7 nitrogen and oxygen atoms in total. The van der Waals surface area contributed by atoms with Crippen LogP contribution in [-0.4, -0.2) is 68.4 Å². The monoisotopic (exact) mass is 373 g/mol. The number of thiophene rings is 1.